The summed E-state index contributed by atoms with van der Waals surface area (Å²) in [5.74, 6) is -0.0593. The SMILES string of the molecule is CCCCCC(=O)OCC.CCn1cc[n+](CC)c1. The van der Waals surface area contributed by atoms with Crippen LogP contribution in [0.25, 0.3) is 0 Å². The van der Waals surface area contributed by atoms with Crippen LogP contribution in [-0.2, 0) is 22.6 Å². The van der Waals surface area contributed by atoms with Crippen LogP contribution < -0.4 is 4.57 Å². The molecule has 0 bridgehead atoms. The quantitative estimate of drug-likeness (QED) is 0.433. The predicted molar refractivity (Wildman–Crippen MR) is 76.8 cm³/mol. The molecule has 0 aliphatic carbocycles. The van der Waals surface area contributed by atoms with Gasteiger partial charge in [0.05, 0.1) is 19.7 Å². The molecule has 0 amide bonds. The maximum absolute atomic E-state index is 10.7. The number of hydrogen-bond donors (Lipinski definition) is 0. The molecule has 110 valence electrons. The standard InChI is InChI=1S/C8H16O2.C7H13N2/c1-3-5-6-7-8(9)10-4-2;1-3-8-5-6-9(4-2)7-8/h3-7H2,1-2H3;5-7H,3-4H2,1-2H3/q;+1. The number of esters is 1. The van der Waals surface area contributed by atoms with Gasteiger partial charge >= 0.3 is 5.97 Å². The zero-order chi connectivity index (χ0) is 14.5. The molecule has 0 aromatic carbocycles. The summed E-state index contributed by atoms with van der Waals surface area (Å²) >= 11 is 0. The number of aromatic nitrogens is 2. The Balaban J connectivity index is 0.000000342. The van der Waals surface area contributed by atoms with E-state index in [0.717, 1.165) is 32.4 Å². The first kappa shape index (κ1) is 17.7. The van der Waals surface area contributed by atoms with Crippen molar-refractivity contribution in [2.24, 2.45) is 0 Å². The van der Waals surface area contributed by atoms with Gasteiger partial charge in [-0.25, -0.2) is 9.13 Å². The van der Waals surface area contributed by atoms with Gasteiger partial charge < -0.3 is 4.74 Å². The summed E-state index contributed by atoms with van der Waals surface area (Å²) in [5, 5.41) is 0. The molecule has 1 rings (SSSR count). The molecular weight excluding hydrogens is 240 g/mol. The van der Waals surface area contributed by atoms with E-state index in [1.807, 2.05) is 6.92 Å². The van der Waals surface area contributed by atoms with E-state index in [2.05, 4.69) is 48.6 Å². The average molecular weight is 269 g/mol. The van der Waals surface area contributed by atoms with Gasteiger partial charge in [-0.1, -0.05) is 19.8 Å². The van der Waals surface area contributed by atoms with Crippen LogP contribution in [0.15, 0.2) is 18.7 Å². The van der Waals surface area contributed by atoms with Crippen LogP contribution in [0.1, 0.15) is 53.4 Å². The largest absolute Gasteiger partial charge is 0.466 e. The van der Waals surface area contributed by atoms with Crippen molar-refractivity contribution in [3.05, 3.63) is 18.7 Å². The highest BCUT2D eigenvalue weighted by atomic mass is 16.5. The van der Waals surface area contributed by atoms with E-state index in [0.29, 0.717) is 13.0 Å². The van der Waals surface area contributed by atoms with Crippen LogP contribution in [0, 0.1) is 0 Å². The minimum Gasteiger partial charge on any atom is -0.466 e. The van der Waals surface area contributed by atoms with E-state index in [-0.39, 0.29) is 5.97 Å². The van der Waals surface area contributed by atoms with Gasteiger partial charge in [0, 0.05) is 6.42 Å². The lowest BCUT2D eigenvalue weighted by atomic mass is 10.2. The summed E-state index contributed by atoms with van der Waals surface area (Å²) in [5.41, 5.74) is 0. The van der Waals surface area contributed by atoms with Crippen molar-refractivity contribution >= 4 is 5.97 Å². The molecule has 1 aromatic heterocycles. The van der Waals surface area contributed by atoms with Crippen LogP contribution in [0.4, 0.5) is 0 Å². The summed E-state index contributed by atoms with van der Waals surface area (Å²) in [6.45, 7) is 10.9. The second-order valence-corrected chi connectivity index (χ2v) is 4.34. The van der Waals surface area contributed by atoms with Crippen molar-refractivity contribution in [3.63, 3.8) is 0 Å². The maximum atomic E-state index is 10.7. The Labute approximate surface area is 117 Å². The Bertz CT molecular complexity index is 316. The molecule has 19 heavy (non-hydrogen) atoms. The van der Waals surface area contributed by atoms with Gasteiger partial charge in [0.25, 0.3) is 0 Å². The number of nitrogens with zero attached hydrogens (tertiary/aromatic N) is 2. The highest BCUT2D eigenvalue weighted by Gasteiger charge is 1.98. The number of ether oxygens (including phenoxy) is 1. The number of aryl methyl sites for hydroxylation is 2. The zero-order valence-corrected chi connectivity index (χ0v) is 12.9. The normalized spacial score (nSPS) is 9.68. The fraction of sp³-hybridized carbons (Fsp3) is 0.733. The number of carbonyl (C=O) groups excluding carboxylic acids is 1. The van der Waals surface area contributed by atoms with Gasteiger partial charge in [0.1, 0.15) is 12.4 Å². The predicted octanol–water partition coefficient (Wildman–Crippen LogP) is 2.95. The van der Waals surface area contributed by atoms with Crippen molar-refractivity contribution in [1.29, 1.82) is 0 Å². The van der Waals surface area contributed by atoms with Gasteiger partial charge in [-0.2, -0.15) is 0 Å². The lowest BCUT2D eigenvalue weighted by molar-refractivity contribution is -0.693. The van der Waals surface area contributed by atoms with E-state index >= 15 is 0 Å². The Morgan fingerprint density at radius 2 is 1.95 bits per heavy atom. The third kappa shape index (κ3) is 9.28. The lowest BCUT2D eigenvalue weighted by Crippen LogP contribution is -2.28. The molecule has 0 N–H and O–H groups in total. The number of hydrogen-bond acceptors (Lipinski definition) is 2. The number of unbranched alkanes of at least 4 members (excludes halogenated alkanes) is 2. The molecule has 0 unspecified atom stereocenters. The van der Waals surface area contributed by atoms with Crippen LogP contribution in [-0.4, -0.2) is 17.1 Å². The summed E-state index contributed by atoms with van der Waals surface area (Å²) < 4.78 is 9.06. The Hall–Kier alpha value is -1.32. The van der Waals surface area contributed by atoms with Crippen molar-refractivity contribution in [3.8, 4) is 0 Å². The van der Waals surface area contributed by atoms with Gasteiger partial charge in [-0.15, -0.1) is 0 Å². The van der Waals surface area contributed by atoms with Gasteiger partial charge in [0.15, 0.2) is 0 Å². The molecule has 0 saturated heterocycles. The van der Waals surface area contributed by atoms with E-state index in [1.165, 1.54) is 0 Å². The van der Waals surface area contributed by atoms with E-state index in [1.54, 1.807) is 0 Å². The second kappa shape index (κ2) is 11.8. The summed E-state index contributed by atoms with van der Waals surface area (Å²) in [4.78, 5) is 10.7. The third-order valence-corrected chi connectivity index (χ3v) is 2.77. The van der Waals surface area contributed by atoms with Crippen molar-refractivity contribution in [2.45, 2.75) is 66.5 Å². The highest BCUT2D eigenvalue weighted by molar-refractivity contribution is 5.69. The molecule has 0 radical (unpaired) electrons. The van der Waals surface area contributed by atoms with Crippen LogP contribution in [0.5, 0.6) is 0 Å². The average Bonchev–Trinajstić information content (AvgIpc) is 2.88. The summed E-state index contributed by atoms with van der Waals surface area (Å²) in [6, 6.07) is 0. The maximum Gasteiger partial charge on any atom is 0.305 e. The van der Waals surface area contributed by atoms with E-state index in [4.69, 9.17) is 4.74 Å². The Morgan fingerprint density at radius 3 is 2.37 bits per heavy atom. The van der Waals surface area contributed by atoms with Crippen molar-refractivity contribution in [2.75, 3.05) is 6.61 Å². The smallest absolute Gasteiger partial charge is 0.305 e. The molecule has 0 spiro atoms. The summed E-state index contributed by atoms with van der Waals surface area (Å²) in [7, 11) is 0. The van der Waals surface area contributed by atoms with Gasteiger partial charge in [-0.3, -0.25) is 4.79 Å². The molecule has 0 atom stereocenters. The molecule has 4 heteroatoms. The molecule has 4 nitrogen and oxygen atoms in total. The lowest BCUT2D eigenvalue weighted by Gasteiger charge is -1.99. The topological polar surface area (TPSA) is 35.1 Å². The molecule has 0 saturated carbocycles. The number of rotatable bonds is 7. The fourth-order valence-electron chi connectivity index (χ4n) is 1.57. The van der Waals surface area contributed by atoms with Gasteiger partial charge in [0.2, 0.25) is 6.33 Å². The zero-order valence-electron chi connectivity index (χ0n) is 12.9. The Kier molecular flexibility index (Phi) is 10.9. The number of carbonyl (C=O) groups is 1. The van der Waals surface area contributed by atoms with Crippen molar-refractivity contribution < 1.29 is 14.1 Å². The minimum absolute atomic E-state index is 0.0593. The first-order chi connectivity index (χ1) is 9.17. The fourth-order valence-corrected chi connectivity index (χ4v) is 1.57. The van der Waals surface area contributed by atoms with Crippen molar-refractivity contribution in [1.82, 2.24) is 4.57 Å². The monoisotopic (exact) mass is 269 g/mol. The Morgan fingerprint density at radius 1 is 1.21 bits per heavy atom. The third-order valence-electron chi connectivity index (χ3n) is 2.77. The molecule has 0 aliphatic heterocycles. The van der Waals surface area contributed by atoms with Gasteiger partial charge in [-0.05, 0) is 27.2 Å². The van der Waals surface area contributed by atoms with Crippen LogP contribution >= 0.6 is 0 Å². The molecule has 1 heterocycles. The second-order valence-electron chi connectivity index (χ2n) is 4.34. The molecule has 0 aliphatic rings. The van der Waals surface area contributed by atoms with Crippen LogP contribution in [0.2, 0.25) is 0 Å². The molecular formula is C15H29N2O2+. The van der Waals surface area contributed by atoms with E-state index in [9.17, 15) is 4.79 Å². The molecule has 1 aromatic rings. The van der Waals surface area contributed by atoms with Crippen LogP contribution in [0.3, 0.4) is 0 Å². The summed E-state index contributed by atoms with van der Waals surface area (Å²) in [6.07, 6.45) is 10.1. The minimum atomic E-state index is -0.0593. The highest BCUT2D eigenvalue weighted by Crippen LogP contribution is 1.99. The first-order valence-corrected chi connectivity index (χ1v) is 7.38. The van der Waals surface area contributed by atoms with E-state index < -0.39 is 0 Å². The number of imidazole rings is 1. The molecule has 0 fully saturated rings. The first-order valence-electron chi connectivity index (χ1n) is 7.38.